The lowest BCUT2D eigenvalue weighted by Gasteiger charge is -2.64. The Kier molecular flexibility index (Phi) is 6.61. The van der Waals surface area contributed by atoms with Gasteiger partial charge in [0.25, 0.3) is 0 Å². The van der Waals surface area contributed by atoms with Crippen LogP contribution in [0.3, 0.4) is 0 Å². The number of amides is 2. The van der Waals surface area contributed by atoms with Crippen molar-refractivity contribution < 1.29 is 23.9 Å². The fraction of sp³-hybridized carbons (Fsp3) is 0.634. The van der Waals surface area contributed by atoms with Gasteiger partial charge in [-0.25, -0.2) is 4.79 Å². The molecule has 4 atom stereocenters. The van der Waals surface area contributed by atoms with Crippen LogP contribution >= 0.6 is 0 Å². The summed E-state index contributed by atoms with van der Waals surface area (Å²) in [5.74, 6) is 1.88. The molecule has 9 aliphatic carbocycles. The monoisotopic (exact) mass is 650 g/mol. The fourth-order valence-electron chi connectivity index (χ4n) is 12.9. The average molecular weight is 651 g/mol. The zero-order chi connectivity index (χ0) is 33.1. The van der Waals surface area contributed by atoms with Crippen LogP contribution in [0.4, 0.5) is 4.79 Å². The maximum Gasteiger partial charge on any atom is 0.407 e. The van der Waals surface area contributed by atoms with Gasteiger partial charge < -0.3 is 20.1 Å². The molecule has 2 N–H and O–H groups in total. The molecular formula is C41H50N2O5. The first-order chi connectivity index (χ1) is 22.9. The first-order valence-electron chi connectivity index (χ1n) is 18.5. The predicted octanol–water partition coefficient (Wildman–Crippen LogP) is 7.66. The molecule has 2 aromatic carbocycles. The zero-order valence-corrected chi connectivity index (χ0v) is 28.7. The average Bonchev–Trinajstić information content (AvgIpc) is 3.31. The Morgan fingerprint density at radius 2 is 1.17 bits per heavy atom. The van der Waals surface area contributed by atoms with Gasteiger partial charge in [-0.15, -0.1) is 0 Å². The molecule has 2 amide bonds. The highest BCUT2D eigenvalue weighted by atomic mass is 16.6. The van der Waals surface area contributed by atoms with Crippen molar-refractivity contribution in [2.24, 2.45) is 34.5 Å². The molecule has 8 bridgehead atoms. The van der Waals surface area contributed by atoms with Gasteiger partial charge in [0.2, 0.25) is 5.91 Å². The van der Waals surface area contributed by atoms with Gasteiger partial charge in [-0.05, 0) is 144 Å². The standard InChI is InChI=1S/C41H50N2O5/c1-37(2,3)48-35(45)39-16-27-13-28(17-39)19-40(18-27,24-39)42-34(44)38-14-25-12-26(15-38)21-41(20-25,23-38)43-36(46)47-22-33-31-10-6-4-8-29(31)30-9-5-7-11-32(30)33/h4-11,25-28,33H,12-24H2,1-3H3,(H,42,44)(H,43,46). The third-order valence-corrected chi connectivity index (χ3v) is 13.5. The number of nitrogens with one attached hydrogen (secondary N) is 2. The van der Waals surface area contributed by atoms with Crippen LogP contribution in [-0.2, 0) is 19.1 Å². The second-order valence-electron chi connectivity index (χ2n) is 18.4. The van der Waals surface area contributed by atoms with Crippen LogP contribution in [0.25, 0.3) is 11.1 Å². The molecule has 2 aromatic rings. The number of alkyl carbamates (subject to hydrolysis) is 1. The molecule has 48 heavy (non-hydrogen) atoms. The Hall–Kier alpha value is -3.35. The molecule has 8 fully saturated rings. The Morgan fingerprint density at radius 1 is 0.688 bits per heavy atom. The van der Waals surface area contributed by atoms with E-state index in [4.69, 9.17) is 9.47 Å². The van der Waals surface area contributed by atoms with E-state index in [0.717, 1.165) is 64.2 Å². The normalized spacial score (nSPS) is 38.3. The van der Waals surface area contributed by atoms with Crippen molar-refractivity contribution in [2.45, 2.75) is 120 Å². The highest BCUT2D eigenvalue weighted by molar-refractivity contribution is 5.85. The molecule has 0 spiro atoms. The van der Waals surface area contributed by atoms with Gasteiger partial charge in [0.1, 0.15) is 12.2 Å². The van der Waals surface area contributed by atoms with E-state index in [9.17, 15) is 14.4 Å². The summed E-state index contributed by atoms with van der Waals surface area (Å²) in [6, 6.07) is 16.8. The summed E-state index contributed by atoms with van der Waals surface area (Å²) in [6.07, 6.45) is 10.6. The first-order valence-corrected chi connectivity index (χ1v) is 18.5. The van der Waals surface area contributed by atoms with Gasteiger partial charge in [-0.3, -0.25) is 9.59 Å². The smallest absolute Gasteiger partial charge is 0.407 e. The third-order valence-electron chi connectivity index (χ3n) is 13.5. The molecule has 0 saturated heterocycles. The van der Waals surface area contributed by atoms with E-state index in [2.05, 4.69) is 59.2 Å². The molecule has 7 nitrogen and oxygen atoms in total. The van der Waals surface area contributed by atoms with E-state index < -0.39 is 22.0 Å². The summed E-state index contributed by atoms with van der Waals surface area (Å²) < 4.78 is 12.0. The van der Waals surface area contributed by atoms with Crippen LogP contribution in [0, 0.1) is 34.5 Å². The molecule has 9 aliphatic rings. The minimum absolute atomic E-state index is 0.0147. The van der Waals surface area contributed by atoms with Gasteiger partial charge in [0.15, 0.2) is 0 Å². The largest absolute Gasteiger partial charge is 0.460 e. The molecule has 4 unspecified atom stereocenters. The van der Waals surface area contributed by atoms with Crippen molar-refractivity contribution in [3.63, 3.8) is 0 Å². The topological polar surface area (TPSA) is 93.7 Å². The molecule has 8 saturated carbocycles. The van der Waals surface area contributed by atoms with Gasteiger partial charge >= 0.3 is 12.1 Å². The Labute approximate surface area is 284 Å². The summed E-state index contributed by atoms with van der Waals surface area (Å²) in [5.41, 5.74) is 2.59. The van der Waals surface area contributed by atoms with E-state index in [1.54, 1.807) is 0 Å². The number of ether oxygens (including phenoxy) is 2. The van der Waals surface area contributed by atoms with Gasteiger partial charge in [0, 0.05) is 17.0 Å². The summed E-state index contributed by atoms with van der Waals surface area (Å²) in [7, 11) is 0. The van der Waals surface area contributed by atoms with Crippen molar-refractivity contribution >= 4 is 18.0 Å². The molecule has 11 rings (SSSR count). The van der Waals surface area contributed by atoms with E-state index in [1.165, 1.54) is 22.3 Å². The SMILES string of the molecule is CC(C)(C)OC(=O)C12CC3CC(CC(NC(=O)C45CC6CC(CC(NC(=O)OCC7c8ccccc8-c8ccccc87)(C6)C4)C5)(C3)C1)C2. The molecule has 0 aromatic heterocycles. The van der Waals surface area contributed by atoms with E-state index >= 15 is 0 Å². The summed E-state index contributed by atoms with van der Waals surface area (Å²) >= 11 is 0. The summed E-state index contributed by atoms with van der Waals surface area (Å²) in [5, 5.41) is 7.06. The number of esters is 1. The van der Waals surface area contributed by atoms with E-state index in [0.29, 0.717) is 43.1 Å². The Bertz CT molecular complexity index is 1620. The third kappa shape index (κ3) is 4.92. The number of benzene rings is 2. The molecule has 0 radical (unpaired) electrons. The summed E-state index contributed by atoms with van der Waals surface area (Å²) in [4.78, 5) is 42.0. The lowest BCUT2D eigenvalue weighted by atomic mass is 9.45. The van der Waals surface area contributed by atoms with E-state index in [-0.39, 0.29) is 29.4 Å². The molecule has 254 valence electrons. The van der Waals surface area contributed by atoms with Crippen LogP contribution in [0.15, 0.2) is 48.5 Å². The quantitative estimate of drug-likeness (QED) is 0.313. The second kappa shape index (κ2) is 10.3. The molecule has 0 aliphatic heterocycles. The maximum absolute atomic E-state index is 14.7. The number of rotatable bonds is 6. The number of hydrogen-bond acceptors (Lipinski definition) is 5. The Balaban J connectivity index is 0.910. The summed E-state index contributed by atoms with van der Waals surface area (Å²) in [6.45, 7) is 6.13. The number of hydrogen-bond donors (Lipinski definition) is 2. The Morgan fingerprint density at radius 3 is 1.71 bits per heavy atom. The minimum Gasteiger partial charge on any atom is -0.460 e. The molecular weight excluding hydrogens is 600 g/mol. The van der Waals surface area contributed by atoms with Crippen LogP contribution in [-0.4, -0.2) is 41.3 Å². The second-order valence-corrected chi connectivity index (χ2v) is 18.4. The van der Waals surface area contributed by atoms with Gasteiger partial charge in [-0.1, -0.05) is 48.5 Å². The van der Waals surface area contributed by atoms with Crippen LogP contribution in [0.2, 0.25) is 0 Å². The number of carbonyl (C=O) groups excluding carboxylic acids is 3. The van der Waals surface area contributed by atoms with Gasteiger partial charge in [0.05, 0.1) is 10.8 Å². The maximum atomic E-state index is 14.7. The number of carbonyl (C=O) groups is 3. The van der Waals surface area contributed by atoms with Gasteiger partial charge in [-0.2, -0.15) is 0 Å². The fourth-order valence-corrected chi connectivity index (χ4v) is 12.9. The van der Waals surface area contributed by atoms with E-state index in [1.807, 2.05) is 20.8 Å². The van der Waals surface area contributed by atoms with Crippen molar-refractivity contribution in [1.29, 1.82) is 0 Å². The molecule has 0 heterocycles. The van der Waals surface area contributed by atoms with Crippen molar-refractivity contribution in [1.82, 2.24) is 10.6 Å². The predicted molar refractivity (Wildman–Crippen MR) is 182 cm³/mol. The first kappa shape index (κ1) is 30.7. The minimum atomic E-state index is -0.523. The van der Waals surface area contributed by atoms with Crippen LogP contribution in [0.5, 0.6) is 0 Å². The van der Waals surface area contributed by atoms with Crippen LogP contribution < -0.4 is 10.6 Å². The number of fused-ring (bicyclic) bond motifs is 3. The lowest BCUT2D eigenvalue weighted by molar-refractivity contribution is -0.188. The van der Waals surface area contributed by atoms with Crippen molar-refractivity contribution in [3.8, 4) is 11.1 Å². The lowest BCUT2D eigenvalue weighted by Crippen LogP contribution is -2.70. The highest BCUT2D eigenvalue weighted by Gasteiger charge is 2.65. The van der Waals surface area contributed by atoms with Crippen molar-refractivity contribution in [3.05, 3.63) is 59.7 Å². The van der Waals surface area contributed by atoms with Crippen molar-refractivity contribution in [2.75, 3.05) is 6.61 Å². The zero-order valence-electron chi connectivity index (χ0n) is 28.7. The van der Waals surface area contributed by atoms with Crippen LogP contribution in [0.1, 0.15) is 115 Å². The molecule has 7 heteroatoms. The highest BCUT2D eigenvalue weighted by Crippen LogP contribution is 2.65.